The Morgan fingerprint density at radius 2 is 1.62 bits per heavy atom. The van der Waals surface area contributed by atoms with Crippen LogP contribution in [0.5, 0.6) is 11.5 Å². The van der Waals surface area contributed by atoms with E-state index in [1.807, 2.05) is 35.8 Å². The molecule has 4 nitrogen and oxygen atoms in total. The maximum Gasteiger partial charge on any atom is 0.251 e. The summed E-state index contributed by atoms with van der Waals surface area (Å²) in [6.07, 6.45) is 0.761. The number of ether oxygens (including phenoxy) is 2. The van der Waals surface area contributed by atoms with Crippen LogP contribution in [0, 0.1) is 20.8 Å². The third-order valence-corrected chi connectivity index (χ3v) is 4.60. The van der Waals surface area contributed by atoms with Crippen LogP contribution in [0.3, 0.4) is 0 Å². The van der Waals surface area contributed by atoms with E-state index in [-0.39, 0.29) is 5.56 Å². The molecular formula is C22H25NO3. The molecule has 1 aromatic heterocycles. The van der Waals surface area contributed by atoms with Crippen molar-refractivity contribution in [1.82, 2.24) is 4.57 Å². The topological polar surface area (TPSA) is 40.5 Å². The van der Waals surface area contributed by atoms with Gasteiger partial charge in [0, 0.05) is 18.0 Å². The highest BCUT2D eigenvalue weighted by Crippen LogP contribution is 2.22. The van der Waals surface area contributed by atoms with Crippen LogP contribution in [0.1, 0.15) is 23.1 Å². The van der Waals surface area contributed by atoms with Gasteiger partial charge in [-0.25, -0.2) is 0 Å². The molecule has 3 aromatic rings. The Morgan fingerprint density at radius 3 is 2.31 bits per heavy atom. The van der Waals surface area contributed by atoms with Crippen LogP contribution >= 0.6 is 0 Å². The molecule has 0 aliphatic carbocycles. The third kappa shape index (κ3) is 3.74. The van der Waals surface area contributed by atoms with Gasteiger partial charge in [0.25, 0.3) is 5.56 Å². The van der Waals surface area contributed by atoms with E-state index in [0.717, 1.165) is 39.9 Å². The normalized spacial score (nSPS) is 10.9. The average Bonchev–Trinajstić information content (AvgIpc) is 2.61. The van der Waals surface area contributed by atoms with Crippen molar-refractivity contribution >= 4 is 10.9 Å². The van der Waals surface area contributed by atoms with Gasteiger partial charge in [0.05, 0.1) is 19.2 Å². The van der Waals surface area contributed by atoms with Gasteiger partial charge in [0.15, 0.2) is 0 Å². The summed E-state index contributed by atoms with van der Waals surface area (Å²) in [6.45, 7) is 7.34. The molecule has 0 radical (unpaired) electrons. The largest absolute Gasteiger partial charge is 0.497 e. The quantitative estimate of drug-likeness (QED) is 0.618. The molecule has 2 aromatic carbocycles. The first-order valence-corrected chi connectivity index (χ1v) is 8.88. The second-order valence-electron chi connectivity index (χ2n) is 6.67. The fourth-order valence-electron chi connectivity index (χ4n) is 3.38. The van der Waals surface area contributed by atoms with Crippen LogP contribution in [0.15, 0.2) is 47.3 Å². The molecule has 0 bridgehead atoms. The summed E-state index contributed by atoms with van der Waals surface area (Å²) < 4.78 is 12.8. The minimum absolute atomic E-state index is 0.0476. The number of pyridine rings is 1. The Morgan fingerprint density at radius 1 is 0.923 bits per heavy atom. The van der Waals surface area contributed by atoms with Crippen LogP contribution in [-0.2, 0) is 6.54 Å². The molecule has 0 aliphatic heterocycles. The van der Waals surface area contributed by atoms with Gasteiger partial charge < -0.3 is 14.0 Å². The molecule has 0 atom stereocenters. The predicted octanol–water partition coefficient (Wildman–Crippen LogP) is 4.40. The molecular weight excluding hydrogens is 326 g/mol. The van der Waals surface area contributed by atoms with Crippen molar-refractivity contribution in [3.63, 3.8) is 0 Å². The van der Waals surface area contributed by atoms with Gasteiger partial charge in [-0.3, -0.25) is 4.79 Å². The monoisotopic (exact) mass is 351 g/mol. The molecule has 0 saturated carbocycles. The Balaban J connectivity index is 1.75. The first kappa shape index (κ1) is 18.1. The summed E-state index contributed by atoms with van der Waals surface area (Å²) in [7, 11) is 1.64. The molecule has 0 amide bonds. The molecule has 0 fully saturated rings. The van der Waals surface area contributed by atoms with Crippen LogP contribution in [0.2, 0.25) is 0 Å². The van der Waals surface area contributed by atoms with Gasteiger partial charge in [-0.1, -0.05) is 11.6 Å². The lowest BCUT2D eigenvalue weighted by molar-refractivity contribution is 0.301. The fraction of sp³-hybridized carbons (Fsp3) is 0.318. The Kier molecular flexibility index (Phi) is 5.31. The number of hydrogen-bond acceptors (Lipinski definition) is 3. The summed E-state index contributed by atoms with van der Waals surface area (Å²) in [4.78, 5) is 12.5. The van der Waals surface area contributed by atoms with E-state index in [1.165, 1.54) is 5.56 Å². The number of hydrogen-bond donors (Lipinski definition) is 0. The Hall–Kier alpha value is -2.75. The summed E-state index contributed by atoms with van der Waals surface area (Å²) in [6, 6.07) is 13.5. The summed E-state index contributed by atoms with van der Waals surface area (Å²) >= 11 is 0. The van der Waals surface area contributed by atoms with E-state index < -0.39 is 0 Å². The summed E-state index contributed by atoms with van der Waals surface area (Å²) in [5.41, 5.74) is 4.46. The highest BCUT2D eigenvalue weighted by Gasteiger charge is 2.09. The van der Waals surface area contributed by atoms with Crippen LogP contribution in [-0.4, -0.2) is 18.3 Å². The Bertz CT molecular complexity index is 971. The van der Waals surface area contributed by atoms with Crippen molar-refractivity contribution in [2.24, 2.45) is 0 Å². The second kappa shape index (κ2) is 7.65. The lowest BCUT2D eigenvalue weighted by Crippen LogP contribution is -2.22. The highest BCUT2D eigenvalue weighted by molar-refractivity contribution is 5.86. The molecule has 0 N–H and O–H groups in total. The highest BCUT2D eigenvalue weighted by atomic mass is 16.5. The molecule has 3 rings (SSSR count). The standard InChI is InChI=1S/C22H25NO3/c1-15-12-17(3)22-20(13-15)16(2)14-21(24)23(22)10-5-11-26-19-8-6-18(25-4)7-9-19/h6-9,12-14H,5,10-11H2,1-4H3. The lowest BCUT2D eigenvalue weighted by atomic mass is 10.0. The fourth-order valence-corrected chi connectivity index (χ4v) is 3.38. The first-order chi connectivity index (χ1) is 12.5. The molecule has 4 heteroatoms. The van der Waals surface area contributed by atoms with Crippen molar-refractivity contribution in [2.75, 3.05) is 13.7 Å². The van der Waals surface area contributed by atoms with Crippen LogP contribution in [0.4, 0.5) is 0 Å². The van der Waals surface area contributed by atoms with Gasteiger partial charge >= 0.3 is 0 Å². The van der Waals surface area contributed by atoms with E-state index >= 15 is 0 Å². The maximum atomic E-state index is 12.5. The van der Waals surface area contributed by atoms with Gasteiger partial charge in [-0.15, -0.1) is 0 Å². The van der Waals surface area contributed by atoms with Crippen molar-refractivity contribution < 1.29 is 9.47 Å². The minimum Gasteiger partial charge on any atom is -0.497 e. The lowest BCUT2D eigenvalue weighted by Gasteiger charge is -2.15. The number of benzene rings is 2. The number of rotatable bonds is 6. The average molecular weight is 351 g/mol. The van der Waals surface area contributed by atoms with Gasteiger partial charge in [-0.05, 0) is 68.7 Å². The minimum atomic E-state index is 0.0476. The summed E-state index contributed by atoms with van der Waals surface area (Å²) in [5.74, 6) is 1.61. The SMILES string of the molecule is COc1ccc(OCCCn2c(=O)cc(C)c3cc(C)cc(C)c32)cc1. The zero-order valence-corrected chi connectivity index (χ0v) is 15.8. The molecule has 26 heavy (non-hydrogen) atoms. The maximum absolute atomic E-state index is 12.5. The summed E-state index contributed by atoms with van der Waals surface area (Å²) in [5, 5.41) is 1.15. The first-order valence-electron chi connectivity index (χ1n) is 8.88. The number of aryl methyl sites for hydroxylation is 4. The molecule has 0 unspecified atom stereocenters. The van der Waals surface area contributed by atoms with E-state index in [2.05, 4.69) is 26.0 Å². The van der Waals surface area contributed by atoms with Crippen molar-refractivity contribution in [2.45, 2.75) is 33.7 Å². The molecule has 0 saturated heterocycles. The smallest absolute Gasteiger partial charge is 0.251 e. The van der Waals surface area contributed by atoms with E-state index in [0.29, 0.717) is 13.2 Å². The van der Waals surface area contributed by atoms with Gasteiger partial charge in [-0.2, -0.15) is 0 Å². The Labute approximate surface area is 154 Å². The van der Waals surface area contributed by atoms with Crippen molar-refractivity contribution in [3.05, 3.63) is 69.5 Å². The molecule has 0 aliphatic rings. The molecule has 0 spiro atoms. The number of methoxy groups -OCH3 is 1. The molecule has 136 valence electrons. The number of nitrogens with zero attached hydrogens (tertiary/aromatic N) is 1. The van der Waals surface area contributed by atoms with Crippen molar-refractivity contribution in [1.29, 1.82) is 0 Å². The van der Waals surface area contributed by atoms with E-state index in [4.69, 9.17) is 9.47 Å². The van der Waals surface area contributed by atoms with E-state index in [9.17, 15) is 4.79 Å². The van der Waals surface area contributed by atoms with Crippen LogP contribution in [0.25, 0.3) is 10.9 Å². The van der Waals surface area contributed by atoms with Gasteiger partial charge in [0.1, 0.15) is 11.5 Å². The van der Waals surface area contributed by atoms with Crippen LogP contribution < -0.4 is 15.0 Å². The number of fused-ring (bicyclic) bond motifs is 1. The predicted molar refractivity (Wildman–Crippen MR) is 106 cm³/mol. The molecule has 1 heterocycles. The second-order valence-corrected chi connectivity index (χ2v) is 6.67. The third-order valence-electron chi connectivity index (χ3n) is 4.60. The van der Waals surface area contributed by atoms with Gasteiger partial charge in [0.2, 0.25) is 0 Å². The zero-order valence-electron chi connectivity index (χ0n) is 15.8. The zero-order chi connectivity index (χ0) is 18.7. The number of aromatic nitrogens is 1. The van der Waals surface area contributed by atoms with E-state index in [1.54, 1.807) is 13.2 Å². The van der Waals surface area contributed by atoms with Crippen molar-refractivity contribution in [3.8, 4) is 11.5 Å².